The Morgan fingerprint density at radius 3 is 2.50 bits per heavy atom. The molecule has 0 spiro atoms. The standard InChI is InChI=1S/C15H12ClF3N2O3/c1-23-14(22)21-20-13-8-10(5-6-12(13)16)9-3-2-4-11(7-9)24-15(17,18)19/h2-8,20H,1H3,(H,21,22). The number of rotatable bonds is 4. The van der Waals surface area contributed by atoms with Crippen molar-refractivity contribution >= 4 is 23.4 Å². The number of hydrogen-bond donors (Lipinski definition) is 2. The minimum atomic E-state index is -4.77. The number of carbonyl (C=O) groups excluding carboxylic acids is 1. The van der Waals surface area contributed by atoms with Crippen LogP contribution in [-0.2, 0) is 4.74 Å². The number of anilines is 1. The number of hydrazine groups is 1. The molecule has 0 saturated carbocycles. The molecule has 9 heteroatoms. The second-order valence-electron chi connectivity index (χ2n) is 4.51. The molecule has 0 aliphatic rings. The molecular weight excluding hydrogens is 349 g/mol. The fourth-order valence-corrected chi connectivity index (χ4v) is 2.01. The van der Waals surface area contributed by atoms with Crippen LogP contribution < -0.4 is 15.6 Å². The van der Waals surface area contributed by atoms with Crippen molar-refractivity contribution in [2.75, 3.05) is 12.5 Å². The molecule has 2 aromatic carbocycles. The highest BCUT2D eigenvalue weighted by Crippen LogP contribution is 2.31. The van der Waals surface area contributed by atoms with Gasteiger partial charge in [0.2, 0.25) is 0 Å². The van der Waals surface area contributed by atoms with E-state index < -0.39 is 12.5 Å². The van der Waals surface area contributed by atoms with Crippen LogP contribution in [0.2, 0.25) is 5.02 Å². The van der Waals surface area contributed by atoms with E-state index in [9.17, 15) is 18.0 Å². The summed E-state index contributed by atoms with van der Waals surface area (Å²) in [7, 11) is 1.20. The molecule has 0 atom stereocenters. The van der Waals surface area contributed by atoms with Crippen molar-refractivity contribution in [3.05, 3.63) is 47.5 Å². The Kier molecular flexibility index (Phi) is 5.40. The Morgan fingerprint density at radius 1 is 1.12 bits per heavy atom. The van der Waals surface area contributed by atoms with Crippen LogP contribution in [0.25, 0.3) is 11.1 Å². The molecule has 1 amide bonds. The fourth-order valence-electron chi connectivity index (χ4n) is 1.84. The molecule has 2 aromatic rings. The van der Waals surface area contributed by atoms with E-state index in [4.69, 9.17) is 11.6 Å². The van der Waals surface area contributed by atoms with Gasteiger partial charge in [0.25, 0.3) is 0 Å². The first-order chi connectivity index (χ1) is 11.3. The summed E-state index contributed by atoms with van der Waals surface area (Å²) < 4.78 is 45.2. The van der Waals surface area contributed by atoms with E-state index in [1.807, 2.05) is 0 Å². The van der Waals surface area contributed by atoms with Gasteiger partial charge in [0.05, 0.1) is 17.8 Å². The van der Waals surface area contributed by atoms with Crippen LogP contribution in [0, 0.1) is 0 Å². The molecule has 2 N–H and O–H groups in total. The molecule has 0 heterocycles. The number of hydrogen-bond acceptors (Lipinski definition) is 4. The van der Waals surface area contributed by atoms with Gasteiger partial charge in [0.1, 0.15) is 5.75 Å². The summed E-state index contributed by atoms with van der Waals surface area (Å²) in [5, 5.41) is 0.304. The number of carbonyl (C=O) groups is 1. The number of halogens is 4. The van der Waals surface area contributed by atoms with Gasteiger partial charge < -0.3 is 9.47 Å². The summed E-state index contributed by atoms with van der Waals surface area (Å²) in [6, 6.07) is 10.2. The zero-order valence-corrected chi connectivity index (χ0v) is 13.0. The zero-order valence-electron chi connectivity index (χ0n) is 12.3. The lowest BCUT2D eigenvalue weighted by Crippen LogP contribution is -2.29. The minimum Gasteiger partial charge on any atom is -0.452 e. The molecular formula is C15H12ClF3N2O3. The Hall–Kier alpha value is -2.61. The largest absolute Gasteiger partial charge is 0.573 e. The molecule has 128 valence electrons. The number of amides is 1. The van der Waals surface area contributed by atoms with E-state index in [0.717, 1.165) is 0 Å². The van der Waals surface area contributed by atoms with Crippen LogP contribution in [0.15, 0.2) is 42.5 Å². The second kappa shape index (κ2) is 7.31. The van der Waals surface area contributed by atoms with Crippen molar-refractivity contribution in [3.63, 3.8) is 0 Å². The summed E-state index contributed by atoms with van der Waals surface area (Å²) in [6.07, 6.45) is -5.49. The Labute approximate surface area is 140 Å². The van der Waals surface area contributed by atoms with Gasteiger partial charge in [-0.05, 0) is 35.4 Å². The van der Waals surface area contributed by atoms with E-state index in [1.54, 1.807) is 18.2 Å². The zero-order chi connectivity index (χ0) is 17.7. The fraction of sp³-hybridized carbons (Fsp3) is 0.133. The van der Waals surface area contributed by atoms with Crippen molar-refractivity contribution in [3.8, 4) is 16.9 Å². The van der Waals surface area contributed by atoms with Gasteiger partial charge in [-0.3, -0.25) is 5.43 Å². The number of methoxy groups -OCH3 is 1. The predicted molar refractivity (Wildman–Crippen MR) is 82.7 cm³/mol. The van der Waals surface area contributed by atoms with E-state index in [0.29, 0.717) is 21.8 Å². The highest BCUT2D eigenvalue weighted by atomic mass is 35.5. The quantitative estimate of drug-likeness (QED) is 0.783. The maximum Gasteiger partial charge on any atom is 0.573 e. The summed E-state index contributed by atoms with van der Waals surface area (Å²) in [5.41, 5.74) is 6.20. The molecule has 0 aromatic heterocycles. The Bertz CT molecular complexity index is 738. The smallest absolute Gasteiger partial charge is 0.452 e. The number of benzene rings is 2. The molecule has 0 aliphatic carbocycles. The van der Waals surface area contributed by atoms with Crippen molar-refractivity contribution in [2.45, 2.75) is 6.36 Å². The van der Waals surface area contributed by atoms with E-state index >= 15 is 0 Å². The summed E-state index contributed by atoms with van der Waals surface area (Å²) in [5.74, 6) is -0.336. The second-order valence-corrected chi connectivity index (χ2v) is 4.92. The molecule has 0 bridgehead atoms. The summed E-state index contributed by atoms with van der Waals surface area (Å²) >= 11 is 6.00. The molecule has 0 radical (unpaired) electrons. The summed E-state index contributed by atoms with van der Waals surface area (Å²) in [6.45, 7) is 0. The van der Waals surface area contributed by atoms with Gasteiger partial charge >= 0.3 is 12.5 Å². The van der Waals surface area contributed by atoms with Crippen molar-refractivity contribution in [1.29, 1.82) is 0 Å². The van der Waals surface area contributed by atoms with E-state index in [-0.39, 0.29) is 5.75 Å². The third kappa shape index (κ3) is 4.95. The Balaban J connectivity index is 2.26. The van der Waals surface area contributed by atoms with Gasteiger partial charge in [-0.2, -0.15) is 0 Å². The molecule has 0 fully saturated rings. The molecule has 5 nitrogen and oxygen atoms in total. The minimum absolute atomic E-state index is 0.304. The SMILES string of the molecule is COC(=O)NNc1cc(-c2cccc(OC(F)(F)F)c2)ccc1Cl. The van der Waals surface area contributed by atoms with Crippen LogP contribution >= 0.6 is 11.6 Å². The average molecular weight is 361 g/mol. The predicted octanol–water partition coefficient (Wildman–Crippen LogP) is 4.59. The van der Waals surface area contributed by atoms with E-state index in [2.05, 4.69) is 20.3 Å². The van der Waals surface area contributed by atoms with Crippen LogP contribution in [0.4, 0.5) is 23.7 Å². The van der Waals surface area contributed by atoms with Gasteiger partial charge in [0.15, 0.2) is 0 Å². The molecule has 2 rings (SSSR count). The average Bonchev–Trinajstić information content (AvgIpc) is 2.52. The first kappa shape index (κ1) is 17.7. The van der Waals surface area contributed by atoms with Crippen LogP contribution in [0.5, 0.6) is 5.75 Å². The maximum atomic E-state index is 12.3. The van der Waals surface area contributed by atoms with Crippen LogP contribution in [-0.4, -0.2) is 19.6 Å². The highest BCUT2D eigenvalue weighted by molar-refractivity contribution is 6.33. The summed E-state index contributed by atoms with van der Waals surface area (Å²) in [4.78, 5) is 11.1. The lowest BCUT2D eigenvalue weighted by atomic mass is 10.0. The molecule has 0 unspecified atom stereocenters. The number of alkyl halides is 3. The third-order valence-corrected chi connectivity index (χ3v) is 3.18. The monoisotopic (exact) mass is 360 g/mol. The van der Waals surface area contributed by atoms with Gasteiger partial charge in [-0.15, -0.1) is 13.2 Å². The first-order valence-corrected chi connectivity index (χ1v) is 6.92. The van der Waals surface area contributed by atoms with Gasteiger partial charge in [0, 0.05) is 0 Å². The first-order valence-electron chi connectivity index (χ1n) is 6.54. The number of nitrogens with one attached hydrogen (secondary N) is 2. The molecule has 0 aliphatic heterocycles. The van der Waals surface area contributed by atoms with E-state index in [1.165, 1.54) is 31.4 Å². The molecule has 24 heavy (non-hydrogen) atoms. The van der Waals surface area contributed by atoms with Crippen molar-refractivity contribution in [1.82, 2.24) is 5.43 Å². The van der Waals surface area contributed by atoms with Gasteiger partial charge in [-0.1, -0.05) is 29.8 Å². The number of ether oxygens (including phenoxy) is 2. The third-order valence-electron chi connectivity index (χ3n) is 2.85. The maximum absolute atomic E-state index is 12.3. The van der Waals surface area contributed by atoms with Crippen molar-refractivity contribution < 1.29 is 27.4 Å². The normalized spacial score (nSPS) is 10.9. The van der Waals surface area contributed by atoms with Crippen LogP contribution in [0.3, 0.4) is 0 Å². The lowest BCUT2D eigenvalue weighted by molar-refractivity contribution is -0.274. The highest BCUT2D eigenvalue weighted by Gasteiger charge is 2.31. The van der Waals surface area contributed by atoms with Crippen molar-refractivity contribution in [2.24, 2.45) is 0 Å². The van der Waals surface area contributed by atoms with Crippen LogP contribution in [0.1, 0.15) is 0 Å². The molecule has 0 saturated heterocycles. The Morgan fingerprint density at radius 2 is 1.83 bits per heavy atom. The lowest BCUT2D eigenvalue weighted by Gasteiger charge is -2.12. The topological polar surface area (TPSA) is 59.6 Å². The van der Waals surface area contributed by atoms with Gasteiger partial charge in [-0.25, -0.2) is 10.2 Å².